The Morgan fingerprint density at radius 2 is 1.80 bits per heavy atom. The van der Waals surface area contributed by atoms with E-state index in [-0.39, 0.29) is 29.6 Å². The fraction of sp³-hybridized carbons (Fsp3) is 0.462. The number of hydrogen-bond acceptors (Lipinski definition) is 12. The molecule has 0 saturated heterocycles. The van der Waals surface area contributed by atoms with Crippen LogP contribution in [0.5, 0.6) is 0 Å². The largest absolute Gasteiger partial charge is 0.396 e. The molecule has 3 rings (SSSR count). The SMILES string of the molecule is COCCCS(=O)(=O)c1ccc(C(=NOCCCO)C(=O)Nc2nc3ccc(N(C)CCN(C)C)nc3s2)cc1. The molecule has 14 heteroatoms. The van der Waals surface area contributed by atoms with E-state index in [1.165, 1.54) is 42.7 Å². The fourth-order valence-corrected chi connectivity index (χ4v) is 5.60. The number of carbonyl (C=O) groups excluding carboxylic acids is 1. The molecule has 3 aromatic rings. The lowest BCUT2D eigenvalue weighted by Crippen LogP contribution is -2.28. The van der Waals surface area contributed by atoms with Crippen molar-refractivity contribution in [2.75, 3.05) is 77.1 Å². The van der Waals surface area contributed by atoms with Gasteiger partial charge < -0.3 is 24.5 Å². The minimum absolute atomic E-state index is 0.0509. The van der Waals surface area contributed by atoms with Gasteiger partial charge in [-0.2, -0.15) is 0 Å². The van der Waals surface area contributed by atoms with Crippen LogP contribution in [0.2, 0.25) is 0 Å². The maximum absolute atomic E-state index is 13.3. The van der Waals surface area contributed by atoms with Crippen LogP contribution in [0.4, 0.5) is 10.9 Å². The summed E-state index contributed by atoms with van der Waals surface area (Å²) in [5, 5.41) is 16.1. The first-order valence-corrected chi connectivity index (χ1v) is 15.2. The van der Waals surface area contributed by atoms with Crippen LogP contribution in [0, 0.1) is 0 Å². The molecule has 2 N–H and O–H groups in total. The highest BCUT2D eigenvalue weighted by Crippen LogP contribution is 2.27. The predicted octanol–water partition coefficient (Wildman–Crippen LogP) is 2.24. The molecule has 0 unspecified atom stereocenters. The Labute approximate surface area is 238 Å². The van der Waals surface area contributed by atoms with Gasteiger partial charge in [0.1, 0.15) is 22.8 Å². The summed E-state index contributed by atoms with van der Waals surface area (Å²) >= 11 is 1.23. The summed E-state index contributed by atoms with van der Waals surface area (Å²) in [5.74, 6) is 0.166. The zero-order valence-electron chi connectivity index (χ0n) is 23.2. The Balaban J connectivity index is 1.80. The third-order valence-electron chi connectivity index (χ3n) is 5.75. The van der Waals surface area contributed by atoms with Gasteiger partial charge in [0, 0.05) is 52.4 Å². The van der Waals surface area contributed by atoms with Gasteiger partial charge in [-0.05, 0) is 44.8 Å². The third-order valence-corrected chi connectivity index (χ3v) is 8.45. The van der Waals surface area contributed by atoms with E-state index in [0.717, 1.165) is 18.9 Å². The van der Waals surface area contributed by atoms with Gasteiger partial charge in [-0.1, -0.05) is 28.6 Å². The van der Waals surface area contributed by atoms with Crippen LogP contribution >= 0.6 is 11.3 Å². The third kappa shape index (κ3) is 8.93. The first-order valence-electron chi connectivity index (χ1n) is 12.7. The molecule has 0 saturated carbocycles. The number of oxime groups is 1. The van der Waals surface area contributed by atoms with Gasteiger partial charge in [0.2, 0.25) is 0 Å². The van der Waals surface area contributed by atoms with E-state index >= 15 is 0 Å². The number of fused-ring (bicyclic) bond motifs is 1. The van der Waals surface area contributed by atoms with Gasteiger partial charge in [0.05, 0.1) is 10.6 Å². The number of methoxy groups -OCH3 is 1. The number of carbonyl (C=O) groups is 1. The maximum Gasteiger partial charge on any atom is 0.280 e. The van der Waals surface area contributed by atoms with Crippen molar-refractivity contribution in [2.45, 2.75) is 17.7 Å². The molecule has 2 heterocycles. The van der Waals surface area contributed by atoms with Crippen LogP contribution in [-0.4, -0.2) is 107 Å². The standard InChI is InChI=1S/C26H36N6O6S2/c1-31(2)13-14-32(3)22-12-11-21-25(28-22)39-26(27-21)29-24(34)23(30-38-17-5-15-33)19-7-9-20(10-8-19)40(35,36)18-6-16-37-4/h7-12,33H,5-6,13-18H2,1-4H3,(H,27,29,34). The second-order valence-electron chi connectivity index (χ2n) is 9.23. The predicted molar refractivity (Wildman–Crippen MR) is 157 cm³/mol. The molecule has 1 amide bonds. The van der Waals surface area contributed by atoms with Crippen molar-refractivity contribution in [1.82, 2.24) is 14.9 Å². The summed E-state index contributed by atoms with van der Waals surface area (Å²) < 4.78 is 30.1. The van der Waals surface area contributed by atoms with Crippen LogP contribution < -0.4 is 10.2 Å². The highest BCUT2D eigenvalue weighted by atomic mass is 32.2. The number of benzene rings is 1. The summed E-state index contributed by atoms with van der Waals surface area (Å²) in [5.41, 5.74) is 0.949. The van der Waals surface area contributed by atoms with E-state index < -0.39 is 15.7 Å². The molecule has 1 aromatic carbocycles. The smallest absolute Gasteiger partial charge is 0.280 e. The number of amides is 1. The molecule has 0 fully saturated rings. The second kappa shape index (κ2) is 15.0. The number of thiazole rings is 1. The molecule has 0 atom stereocenters. The lowest BCUT2D eigenvalue weighted by Gasteiger charge is -2.20. The van der Waals surface area contributed by atoms with Crippen molar-refractivity contribution >= 4 is 54.1 Å². The molecule has 0 aliphatic carbocycles. The first-order chi connectivity index (χ1) is 19.1. The van der Waals surface area contributed by atoms with Crippen LogP contribution in [0.15, 0.2) is 46.4 Å². The number of anilines is 2. The summed E-state index contributed by atoms with van der Waals surface area (Å²) in [6.07, 6.45) is 0.713. The number of pyridine rings is 1. The minimum atomic E-state index is -3.50. The normalized spacial score (nSPS) is 12.2. The average Bonchev–Trinajstić information content (AvgIpc) is 3.33. The van der Waals surface area contributed by atoms with Gasteiger partial charge in [-0.25, -0.2) is 18.4 Å². The molecule has 0 spiro atoms. The van der Waals surface area contributed by atoms with Crippen molar-refractivity contribution in [3.8, 4) is 0 Å². The number of hydrogen-bond donors (Lipinski definition) is 2. The number of nitrogens with zero attached hydrogens (tertiary/aromatic N) is 5. The number of aliphatic hydroxyl groups is 1. The van der Waals surface area contributed by atoms with E-state index in [4.69, 9.17) is 14.7 Å². The Kier molecular flexibility index (Phi) is 11.8. The molecule has 12 nitrogen and oxygen atoms in total. The van der Waals surface area contributed by atoms with E-state index in [1.807, 2.05) is 38.2 Å². The topological polar surface area (TPSA) is 147 Å². The van der Waals surface area contributed by atoms with E-state index in [2.05, 4.69) is 25.3 Å². The van der Waals surface area contributed by atoms with Crippen LogP contribution in [0.25, 0.3) is 10.3 Å². The van der Waals surface area contributed by atoms with Gasteiger partial charge in [0.15, 0.2) is 20.7 Å². The highest BCUT2D eigenvalue weighted by Gasteiger charge is 2.20. The number of aromatic nitrogens is 2. The number of nitrogens with one attached hydrogen (secondary N) is 1. The maximum atomic E-state index is 13.3. The number of likely N-dealkylation sites (N-methyl/N-ethyl adjacent to an activating group) is 2. The van der Waals surface area contributed by atoms with Gasteiger partial charge in [0.25, 0.3) is 5.91 Å². The zero-order chi connectivity index (χ0) is 29.1. The summed E-state index contributed by atoms with van der Waals surface area (Å²) in [7, 11) is 4.01. The minimum Gasteiger partial charge on any atom is -0.396 e. The zero-order valence-corrected chi connectivity index (χ0v) is 24.8. The van der Waals surface area contributed by atoms with Gasteiger partial charge >= 0.3 is 0 Å². The van der Waals surface area contributed by atoms with E-state index in [0.29, 0.717) is 40.5 Å². The number of rotatable bonds is 16. The second-order valence-corrected chi connectivity index (χ2v) is 12.3. The van der Waals surface area contributed by atoms with Crippen LogP contribution in [0.3, 0.4) is 0 Å². The molecule has 0 aliphatic heterocycles. The molecular formula is C26H36N6O6S2. The van der Waals surface area contributed by atoms with Gasteiger partial charge in [-0.15, -0.1) is 0 Å². The van der Waals surface area contributed by atoms with Crippen LogP contribution in [-0.2, 0) is 24.2 Å². The van der Waals surface area contributed by atoms with E-state index in [1.54, 1.807) is 0 Å². The Bertz CT molecular complexity index is 1390. The fourth-order valence-electron chi connectivity index (χ4n) is 3.49. The van der Waals surface area contributed by atoms with Crippen LogP contribution in [0.1, 0.15) is 18.4 Å². The number of aliphatic hydroxyl groups excluding tert-OH is 1. The number of sulfone groups is 1. The van der Waals surface area contributed by atoms with Crippen molar-refractivity contribution in [3.05, 3.63) is 42.0 Å². The molecule has 0 aliphatic rings. The first kappa shape index (κ1) is 31.4. The lowest BCUT2D eigenvalue weighted by molar-refractivity contribution is -0.110. The Hall–Kier alpha value is -3.17. The van der Waals surface area contributed by atoms with Crippen molar-refractivity contribution in [1.29, 1.82) is 0 Å². The number of ether oxygens (including phenoxy) is 1. The molecule has 2 aromatic heterocycles. The highest BCUT2D eigenvalue weighted by molar-refractivity contribution is 7.91. The molecule has 40 heavy (non-hydrogen) atoms. The Morgan fingerprint density at radius 3 is 2.48 bits per heavy atom. The summed E-state index contributed by atoms with van der Waals surface area (Å²) in [6.45, 7) is 2.04. The molecular weight excluding hydrogens is 556 g/mol. The summed E-state index contributed by atoms with van der Waals surface area (Å²) in [6, 6.07) is 9.62. The van der Waals surface area contributed by atoms with Crippen molar-refractivity contribution in [2.24, 2.45) is 5.16 Å². The Morgan fingerprint density at radius 1 is 1.05 bits per heavy atom. The molecule has 0 radical (unpaired) electrons. The lowest BCUT2D eigenvalue weighted by atomic mass is 10.1. The quantitative estimate of drug-likeness (QED) is 0.144. The molecule has 0 bridgehead atoms. The summed E-state index contributed by atoms with van der Waals surface area (Å²) in [4.78, 5) is 32.6. The van der Waals surface area contributed by atoms with Crippen molar-refractivity contribution < 1.29 is 27.9 Å². The van der Waals surface area contributed by atoms with Crippen molar-refractivity contribution in [3.63, 3.8) is 0 Å². The van der Waals surface area contributed by atoms with E-state index in [9.17, 15) is 13.2 Å². The monoisotopic (exact) mass is 592 g/mol. The van der Waals surface area contributed by atoms with Gasteiger partial charge in [-0.3, -0.25) is 10.1 Å². The molecule has 218 valence electrons. The average molecular weight is 593 g/mol.